The maximum Gasteiger partial charge on any atom is 0.213 e. The molecule has 0 bridgehead atoms. The van der Waals surface area contributed by atoms with E-state index in [-0.39, 0.29) is 10.9 Å². The van der Waals surface area contributed by atoms with Gasteiger partial charge < -0.3 is 10.4 Å². The first-order chi connectivity index (χ1) is 10.2. The van der Waals surface area contributed by atoms with E-state index in [9.17, 15) is 5.11 Å². The summed E-state index contributed by atoms with van der Waals surface area (Å²) >= 11 is 4.96. The highest BCUT2D eigenvalue weighted by atomic mass is 32.1. The highest BCUT2D eigenvalue weighted by Gasteiger charge is 2.12. The summed E-state index contributed by atoms with van der Waals surface area (Å²) in [5, 5.41) is 25.2. The van der Waals surface area contributed by atoms with Crippen LogP contribution in [0.25, 0.3) is 21.5 Å². The second-order valence-electron chi connectivity index (χ2n) is 4.54. The second kappa shape index (κ2) is 5.46. The van der Waals surface area contributed by atoms with Crippen LogP contribution in [0.15, 0.2) is 58.8 Å². The SMILES string of the molecule is CNC(=S)N=Nc1c(O)c2ccccc2c2ccccc12. The second-order valence-corrected chi connectivity index (χ2v) is 4.93. The summed E-state index contributed by atoms with van der Waals surface area (Å²) in [7, 11) is 1.68. The van der Waals surface area contributed by atoms with E-state index < -0.39 is 0 Å². The molecule has 0 aliphatic rings. The van der Waals surface area contributed by atoms with Crippen molar-refractivity contribution in [3.05, 3.63) is 48.5 Å². The number of nitrogens with one attached hydrogen (secondary N) is 1. The van der Waals surface area contributed by atoms with Crippen molar-refractivity contribution in [3.63, 3.8) is 0 Å². The van der Waals surface area contributed by atoms with Crippen LogP contribution < -0.4 is 5.32 Å². The molecule has 0 saturated heterocycles. The number of phenolic OH excluding ortho intramolecular Hbond substituents is 1. The van der Waals surface area contributed by atoms with Crippen molar-refractivity contribution >= 4 is 44.6 Å². The molecule has 0 amide bonds. The fourth-order valence-corrected chi connectivity index (χ4v) is 2.39. The lowest BCUT2D eigenvalue weighted by Crippen LogP contribution is -2.11. The Bertz CT molecular complexity index is 874. The average molecular weight is 295 g/mol. The number of fused-ring (bicyclic) bond motifs is 3. The number of hydrogen-bond donors (Lipinski definition) is 2. The van der Waals surface area contributed by atoms with Gasteiger partial charge in [-0.25, -0.2) is 0 Å². The summed E-state index contributed by atoms with van der Waals surface area (Å²) < 4.78 is 0. The van der Waals surface area contributed by atoms with Gasteiger partial charge in [0.05, 0.1) is 0 Å². The van der Waals surface area contributed by atoms with Gasteiger partial charge in [-0.2, -0.15) is 0 Å². The Morgan fingerprint density at radius 1 is 0.952 bits per heavy atom. The first-order valence-corrected chi connectivity index (χ1v) is 6.89. The van der Waals surface area contributed by atoms with Crippen LogP contribution in [0, 0.1) is 0 Å². The fraction of sp³-hybridized carbons (Fsp3) is 0.0625. The zero-order chi connectivity index (χ0) is 14.8. The largest absolute Gasteiger partial charge is 0.505 e. The van der Waals surface area contributed by atoms with Gasteiger partial charge in [0.25, 0.3) is 0 Å². The minimum Gasteiger partial charge on any atom is -0.505 e. The third-order valence-electron chi connectivity index (χ3n) is 3.33. The maximum atomic E-state index is 10.5. The van der Waals surface area contributed by atoms with Gasteiger partial charge in [0.1, 0.15) is 5.69 Å². The Balaban J connectivity index is 2.38. The number of hydrogen-bond acceptors (Lipinski definition) is 3. The van der Waals surface area contributed by atoms with Crippen LogP contribution >= 0.6 is 12.2 Å². The Kier molecular flexibility index (Phi) is 3.50. The van der Waals surface area contributed by atoms with Crippen LogP contribution in [0.1, 0.15) is 0 Å². The van der Waals surface area contributed by atoms with E-state index in [1.54, 1.807) is 7.05 Å². The maximum absolute atomic E-state index is 10.5. The van der Waals surface area contributed by atoms with Gasteiger partial charge in [-0.05, 0) is 23.0 Å². The summed E-state index contributed by atoms with van der Waals surface area (Å²) in [6.45, 7) is 0. The standard InChI is InChI=1S/C16H13N3OS/c1-17-16(21)19-18-14-12-8-4-2-6-10(12)11-7-3-5-9-13(11)15(14)20/h2-9,20H,1H3,(H,17,21). The van der Waals surface area contributed by atoms with Gasteiger partial charge in [-0.1, -0.05) is 48.5 Å². The molecule has 21 heavy (non-hydrogen) atoms. The molecule has 5 heteroatoms. The van der Waals surface area contributed by atoms with Crippen molar-refractivity contribution in [1.29, 1.82) is 0 Å². The van der Waals surface area contributed by atoms with Crippen LogP contribution in [0.4, 0.5) is 5.69 Å². The van der Waals surface area contributed by atoms with Gasteiger partial charge >= 0.3 is 0 Å². The molecule has 0 aliphatic heterocycles. The lowest BCUT2D eigenvalue weighted by Gasteiger charge is -2.09. The number of rotatable bonds is 1. The van der Waals surface area contributed by atoms with Crippen molar-refractivity contribution in [2.45, 2.75) is 0 Å². The minimum atomic E-state index is 0.118. The zero-order valence-corrected chi connectivity index (χ0v) is 12.2. The topological polar surface area (TPSA) is 57.0 Å². The van der Waals surface area contributed by atoms with Crippen LogP contribution in [-0.2, 0) is 0 Å². The van der Waals surface area contributed by atoms with Crippen molar-refractivity contribution in [2.24, 2.45) is 10.2 Å². The summed E-state index contributed by atoms with van der Waals surface area (Å²) in [6, 6.07) is 15.5. The molecule has 0 saturated carbocycles. The van der Waals surface area contributed by atoms with E-state index in [0.717, 1.165) is 21.5 Å². The Morgan fingerprint density at radius 3 is 2.10 bits per heavy atom. The molecule has 3 aromatic rings. The Hall–Kier alpha value is -2.53. The Morgan fingerprint density at radius 2 is 1.48 bits per heavy atom. The number of phenols is 1. The van der Waals surface area contributed by atoms with Gasteiger partial charge in [-0.3, -0.25) is 0 Å². The molecule has 4 nitrogen and oxygen atoms in total. The van der Waals surface area contributed by atoms with Crippen LogP contribution in [-0.4, -0.2) is 17.3 Å². The summed E-state index contributed by atoms with van der Waals surface area (Å²) in [5.74, 6) is 0.118. The molecular formula is C16H13N3OS. The number of azo groups is 1. The molecule has 0 spiro atoms. The summed E-state index contributed by atoms with van der Waals surface area (Å²) in [4.78, 5) is 0. The van der Waals surface area contributed by atoms with E-state index in [1.165, 1.54) is 0 Å². The third kappa shape index (κ3) is 2.32. The zero-order valence-electron chi connectivity index (χ0n) is 11.4. The quantitative estimate of drug-likeness (QED) is 0.400. The van der Waals surface area contributed by atoms with Crippen molar-refractivity contribution < 1.29 is 5.11 Å². The van der Waals surface area contributed by atoms with E-state index in [4.69, 9.17) is 12.2 Å². The molecule has 0 radical (unpaired) electrons. The molecule has 0 unspecified atom stereocenters. The van der Waals surface area contributed by atoms with Crippen LogP contribution in [0.2, 0.25) is 0 Å². The molecule has 2 N–H and O–H groups in total. The van der Waals surface area contributed by atoms with E-state index in [0.29, 0.717) is 5.69 Å². The molecular weight excluding hydrogens is 282 g/mol. The lowest BCUT2D eigenvalue weighted by atomic mass is 9.99. The molecule has 0 heterocycles. The van der Waals surface area contributed by atoms with E-state index >= 15 is 0 Å². The lowest BCUT2D eigenvalue weighted by molar-refractivity contribution is 0.483. The van der Waals surface area contributed by atoms with Crippen LogP contribution in [0.5, 0.6) is 5.75 Å². The first kappa shape index (κ1) is 13.5. The number of nitrogens with zero attached hydrogens (tertiary/aromatic N) is 2. The summed E-state index contributed by atoms with van der Waals surface area (Å²) in [6.07, 6.45) is 0. The van der Waals surface area contributed by atoms with Crippen LogP contribution in [0.3, 0.4) is 0 Å². The number of thiocarbonyl (C=S) groups is 1. The van der Waals surface area contributed by atoms with Gasteiger partial charge in [0, 0.05) is 17.8 Å². The monoisotopic (exact) mass is 295 g/mol. The van der Waals surface area contributed by atoms with Crippen molar-refractivity contribution in [3.8, 4) is 5.75 Å². The molecule has 3 rings (SSSR count). The highest BCUT2D eigenvalue weighted by molar-refractivity contribution is 7.80. The highest BCUT2D eigenvalue weighted by Crippen LogP contribution is 2.42. The van der Waals surface area contributed by atoms with Crippen molar-refractivity contribution in [2.75, 3.05) is 7.05 Å². The van der Waals surface area contributed by atoms with Crippen molar-refractivity contribution in [1.82, 2.24) is 5.32 Å². The molecule has 104 valence electrons. The predicted molar refractivity (Wildman–Crippen MR) is 89.3 cm³/mol. The summed E-state index contributed by atoms with van der Waals surface area (Å²) in [5.41, 5.74) is 0.432. The van der Waals surface area contributed by atoms with Gasteiger partial charge in [0.2, 0.25) is 5.11 Å². The normalized spacial score (nSPS) is 11.3. The van der Waals surface area contributed by atoms with E-state index in [2.05, 4.69) is 15.5 Å². The molecule has 0 atom stereocenters. The number of aromatic hydroxyl groups is 1. The third-order valence-corrected chi connectivity index (χ3v) is 3.62. The molecule has 0 aromatic heterocycles. The number of benzene rings is 3. The molecule has 0 aliphatic carbocycles. The fourth-order valence-electron chi connectivity index (χ4n) is 2.35. The minimum absolute atomic E-state index is 0.118. The first-order valence-electron chi connectivity index (χ1n) is 6.48. The molecule has 0 fully saturated rings. The molecule has 3 aromatic carbocycles. The smallest absolute Gasteiger partial charge is 0.213 e. The predicted octanol–water partition coefficient (Wildman–Crippen LogP) is 4.29. The van der Waals surface area contributed by atoms with E-state index in [1.807, 2.05) is 48.5 Å². The Labute approximate surface area is 127 Å². The average Bonchev–Trinajstić information content (AvgIpc) is 2.54. The van der Waals surface area contributed by atoms with Gasteiger partial charge in [-0.15, -0.1) is 10.2 Å². The van der Waals surface area contributed by atoms with Gasteiger partial charge in [0.15, 0.2) is 5.75 Å².